The Kier molecular flexibility index (Phi) is 5.66. The fourth-order valence-electron chi connectivity index (χ4n) is 4.10. The van der Waals surface area contributed by atoms with E-state index >= 15 is 0 Å². The first-order valence-electron chi connectivity index (χ1n) is 10.5. The quantitative estimate of drug-likeness (QED) is 0.382. The number of fused-ring (bicyclic) bond motifs is 3. The Morgan fingerprint density at radius 2 is 2.18 bits per heavy atom. The van der Waals surface area contributed by atoms with Crippen LogP contribution in [0, 0.1) is 10.1 Å². The first-order chi connectivity index (χ1) is 16.4. The number of halogens is 1. The summed E-state index contributed by atoms with van der Waals surface area (Å²) in [5, 5.41) is 18.1. The van der Waals surface area contributed by atoms with Gasteiger partial charge in [-0.15, -0.1) is 11.3 Å². The fourth-order valence-corrected chi connectivity index (χ4v) is 5.66. The molecule has 0 saturated carbocycles. The van der Waals surface area contributed by atoms with Crippen LogP contribution in [0.1, 0.15) is 39.6 Å². The third kappa shape index (κ3) is 3.86. The number of ether oxygens (including phenoxy) is 1. The maximum atomic E-state index is 13.0. The van der Waals surface area contributed by atoms with Crippen molar-refractivity contribution < 1.29 is 23.7 Å². The topological polar surface area (TPSA) is 127 Å². The number of anilines is 1. The van der Waals surface area contributed by atoms with Crippen LogP contribution >= 0.6 is 22.9 Å². The van der Waals surface area contributed by atoms with Gasteiger partial charge in [-0.05, 0) is 37.1 Å². The molecular weight excluding hydrogens is 484 g/mol. The molecule has 2 N–H and O–H groups in total. The van der Waals surface area contributed by atoms with E-state index in [1.807, 2.05) is 0 Å². The number of thiophene rings is 1. The number of amides is 2. The van der Waals surface area contributed by atoms with Crippen molar-refractivity contribution in [2.75, 3.05) is 18.5 Å². The molecule has 0 bridgehead atoms. The number of hydrogen-bond donors (Lipinski definition) is 2. The molecule has 2 aliphatic rings. The molecular formula is C22H19ClN4O6S. The van der Waals surface area contributed by atoms with Gasteiger partial charge in [-0.25, -0.2) is 4.79 Å². The van der Waals surface area contributed by atoms with Crippen molar-refractivity contribution in [3.8, 4) is 11.3 Å². The summed E-state index contributed by atoms with van der Waals surface area (Å²) in [5.41, 5.74) is 1.94. The smallest absolute Gasteiger partial charge is 0.410 e. The normalized spacial score (nSPS) is 16.8. The molecule has 12 heteroatoms. The summed E-state index contributed by atoms with van der Waals surface area (Å²) in [7, 11) is 0. The molecule has 2 amide bonds. The lowest BCUT2D eigenvalue weighted by Crippen LogP contribution is -2.39. The molecule has 1 atom stereocenters. The lowest BCUT2D eigenvalue weighted by molar-refractivity contribution is -0.384. The molecule has 0 radical (unpaired) electrons. The number of nitro groups is 1. The highest BCUT2D eigenvalue weighted by Crippen LogP contribution is 2.41. The number of rotatable bonds is 4. The minimum atomic E-state index is -0.605. The summed E-state index contributed by atoms with van der Waals surface area (Å²) >= 11 is 7.66. The molecule has 2 aliphatic heterocycles. The highest BCUT2D eigenvalue weighted by molar-refractivity contribution is 7.16. The largest absolute Gasteiger partial charge is 0.457 e. The molecule has 0 unspecified atom stereocenters. The van der Waals surface area contributed by atoms with Crippen molar-refractivity contribution in [1.29, 1.82) is 0 Å². The molecule has 0 saturated heterocycles. The minimum Gasteiger partial charge on any atom is -0.457 e. The molecule has 10 nitrogen and oxygen atoms in total. The number of nitrogens with zero attached hydrogens (tertiary/aromatic N) is 2. The van der Waals surface area contributed by atoms with Gasteiger partial charge in [-0.2, -0.15) is 0 Å². The maximum absolute atomic E-state index is 13.0. The Bertz CT molecular complexity index is 1320. The number of nitro benzene ring substituents is 1. The van der Waals surface area contributed by atoms with Gasteiger partial charge in [0.05, 0.1) is 28.7 Å². The lowest BCUT2D eigenvalue weighted by Gasteiger charge is -2.27. The number of carbonyl (C=O) groups is 2. The van der Waals surface area contributed by atoms with Crippen molar-refractivity contribution in [2.24, 2.45) is 0 Å². The van der Waals surface area contributed by atoms with Crippen LogP contribution in [-0.2, 0) is 17.7 Å². The molecule has 1 aromatic carbocycles. The van der Waals surface area contributed by atoms with E-state index in [0.717, 1.165) is 15.4 Å². The highest BCUT2D eigenvalue weighted by Gasteiger charge is 2.35. The van der Waals surface area contributed by atoms with Gasteiger partial charge in [0.2, 0.25) is 0 Å². The van der Waals surface area contributed by atoms with Crippen LogP contribution in [0.3, 0.4) is 0 Å². The van der Waals surface area contributed by atoms with E-state index in [0.29, 0.717) is 48.8 Å². The highest BCUT2D eigenvalue weighted by atomic mass is 35.5. The van der Waals surface area contributed by atoms with E-state index in [9.17, 15) is 19.7 Å². The van der Waals surface area contributed by atoms with Crippen molar-refractivity contribution >= 4 is 45.6 Å². The summed E-state index contributed by atoms with van der Waals surface area (Å²) in [6.07, 6.45) is -0.391. The standard InChI is InChI=1S/C22H19ClN4O6S/c1-2-32-22(29)26-8-7-13-17(10-26)34-21-18(13)20(28)24-19(25-21)16-6-5-15(33-16)12-4-3-11(27(30)31)9-14(12)23/h3-6,9,19,25H,2,7-8,10H2,1H3,(H,24,28)/t19-/m1/s1. The molecule has 4 heterocycles. The minimum absolute atomic E-state index is 0.113. The van der Waals surface area contributed by atoms with Crippen LogP contribution in [-0.4, -0.2) is 35.0 Å². The monoisotopic (exact) mass is 502 g/mol. The Hall–Kier alpha value is -3.57. The van der Waals surface area contributed by atoms with Gasteiger partial charge in [-0.3, -0.25) is 14.9 Å². The van der Waals surface area contributed by atoms with Gasteiger partial charge in [0.25, 0.3) is 11.6 Å². The Morgan fingerprint density at radius 3 is 2.91 bits per heavy atom. The first-order valence-corrected chi connectivity index (χ1v) is 11.7. The summed E-state index contributed by atoms with van der Waals surface area (Å²) in [6.45, 7) is 2.96. The molecule has 34 heavy (non-hydrogen) atoms. The van der Waals surface area contributed by atoms with E-state index in [1.165, 1.54) is 29.5 Å². The van der Waals surface area contributed by atoms with Crippen LogP contribution in [0.25, 0.3) is 11.3 Å². The summed E-state index contributed by atoms with van der Waals surface area (Å²) in [5.74, 6) is 0.669. The number of hydrogen-bond acceptors (Lipinski definition) is 8. The average Bonchev–Trinajstić information content (AvgIpc) is 3.43. The zero-order chi connectivity index (χ0) is 24.0. The van der Waals surface area contributed by atoms with Crippen LogP contribution in [0.15, 0.2) is 34.7 Å². The molecule has 0 fully saturated rings. The predicted octanol–water partition coefficient (Wildman–Crippen LogP) is 4.94. The third-order valence-electron chi connectivity index (χ3n) is 5.70. The first kappa shape index (κ1) is 22.2. The van der Waals surface area contributed by atoms with E-state index in [-0.39, 0.29) is 22.7 Å². The second kappa shape index (κ2) is 8.65. The SMILES string of the molecule is CCOC(=O)N1CCc2c(sc3c2C(=O)N[C@@H](c2ccc(-c4ccc([N+](=O)[O-])cc4Cl)o2)N3)C1. The van der Waals surface area contributed by atoms with Crippen molar-refractivity contribution in [2.45, 2.75) is 26.1 Å². The second-order valence-corrected chi connectivity index (χ2v) is 9.26. The third-order valence-corrected chi connectivity index (χ3v) is 7.16. The zero-order valence-electron chi connectivity index (χ0n) is 17.9. The van der Waals surface area contributed by atoms with Gasteiger partial charge in [0.15, 0.2) is 6.17 Å². The van der Waals surface area contributed by atoms with Crippen LogP contribution in [0.5, 0.6) is 0 Å². The molecule has 0 aliphatic carbocycles. The predicted molar refractivity (Wildman–Crippen MR) is 125 cm³/mol. The zero-order valence-corrected chi connectivity index (χ0v) is 19.5. The molecule has 3 aromatic rings. The summed E-state index contributed by atoms with van der Waals surface area (Å²) < 4.78 is 11.0. The summed E-state index contributed by atoms with van der Waals surface area (Å²) in [6, 6.07) is 7.55. The van der Waals surface area contributed by atoms with E-state index < -0.39 is 11.1 Å². The fraction of sp³-hybridized carbons (Fsp3) is 0.273. The second-order valence-electron chi connectivity index (χ2n) is 7.75. The van der Waals surface area contributed by atoms with E-state index in [4.69, 9.17) is 20.8 Å². The Balaban J connectivity index is 1.38. The van der Waals surface area contributed by atoms with Gasteiger partial charge >= 0.3 is 6.09 Å². The number of nitrogens with one attached hydrogen (secondary N) is 2. The van der Waals surface area contributed by atoms with Gasteiger partial charge in [-0.1, -0.05) is 11.6 Å². The molecule has 2 aromatic heterocycles. The van der Waals surface area contributed by atoms with Crippen molar-refractivity contribution in [3.05, 3.63) is 67.2 Å². The van der Waals surface area contributed by atoms with Gasteiger partial charge in [0, 0.05) is 29.1 Å². The number of non-ortho nitro benzene ring substituents is 1. The van der Waals surface area contributed by atoms with Crippen LogP contribution in [0.2, 0.25) is 5.02 Å². The van der Waals surface area contributed by atoms with E-state index in [1.54, 1.807) is 24.0 Å². The number of carbonyl (C=O) groups excluding carboxylic acids is 2. The maximum Gasteiger partial charge on any atom is 0.410 e. The Labute approximate surface area is 202 Å². The van der Waals surface area contributed by atoms with Crippen LogP contribution < -0.4 is 10.6 Å². The van der Waals surface area contributed by atoms with Crippen LogP contribution in [0.4, 0.5) is 15.5 Å². The van der Waals surface area contributed by atoms with E-state index in [2.05, 4.69) is 10.6 Å². The molecule has 176 valence electrons. The molecule has 0 spiro atoms. The van der Waals surface area contributed by atoms with Gasteiger partial charge in [0.1, 0.15) is 16.5 Å². The van der Waals surface area contributed by atoms with Gasteiger partial charge < -0.3 is 24.7 Å². The average molecular weight is 503 g/mol. The van der Waals surface area contributed by atoms with Crippen molar-refractivity contribution in [1.82, 2.24) is 10.2 Å². The lowest BCUT2D eigenvalue weighted by atomic mass is 10.0. The number of benzene rings is 1. The number of furan rings is 1. The molecule has 5 rings (SSSR count). The summed E-state index contributed by atoms with van der Waals surface area (Å²) in [4.78, 5) is 38.1. The Morgan fingerprint density at radius 1 is 1.35 bits per heavy atom. The van der Waals surface area contributed by atoms with Crippen molar-refractivity contribution in [3.63, 3.8) is 0 Å².